The SMILES string of the molecule is CC(C)C1CCC12CNC2.CCC1CC2(CCCN(C)C2)C1. The minimum absolute atomic E-state index is 0.772. The molecule has 2 heterocycles. The van der Waals surface area contributed by atoms with Crippen LogP contribution in [0.2, 0.25) is 0 Å². The van der Waals surface area contributed by atoms with Crippen LogP contribution < -0.4 is 5.32 Å². The molecule has 1 unspecified atom stereocenters. The highest BCUT2D eigenvalue weighted by Crippen LogP contribution is 2.53. The van der Waals surface area contributed by atoms with Gasteiger partial charge in [0.2, 0.25) is 0 Å². The van der Waals surface area contributed by atoms with E-state index < -0.39 is 0 Å². The van der Waals surface area contributed by atoms with Gasteiger partial charge in [-0.1, -0.05) is 27.2 Å². The third-order valence-electron chi connectivity index (χ3n) is 7.37. The fraction of sp³-hybridized carbons (Fsp3) is 1.00. The fourth-order valence-electron chi connectivity index (χ4n) is 5.89. The Hall–Kier alpha value is -0.0800. The summed E-state index contributed by atoms with van der Waals surface area (Å²) in [6, 6.07) is 0. The van der Waals surface area contributed by atoms with Crippen LogP contribution in [0.1, 0.15) is 65.7 Å². The van der Waals surface area contributed by atoms with Crippen LogP contribution in [0.5, 0.6) is 0 Å². The van der Waals surface area contributed by atoms with Crippen LogP contribution in [0.3, 0.4) is 0 Å². The van der Waals surface area contributed by atoms with E-state index in [1.54, 1.807) is 0 Å². The summed E-state index contributed by atoms with van der Waals surface area (Å²) in [5.41, 5.74) is 1.54. The number of rotatable bonds is 2. The van der Waals surface area contributed by atoms with Gasteiger partial charge in [0.1, 0.15) is 0 Å². The van der Waals surface area contributed by atoms with Crippen molar-refractivity contribution in [2.75, 3.05) is 33.2 Å². The maximum absolute atomic E-state index is 3.39. The standard InChI is InChI=1S/C11H21N.C9H17N/c1-3-10-7-11(8-10)5-4-6-12(2)9-11;1-7(2)8-3-4-9(8)5-10-6-9/h10H,3-9H2,1-2H3;7-8,10H,3-6H2,1-2H3. The van der Waals surface area contributed by atoms with Gasteiger partial charge in [-0.25, -0.2) is 0 Å². The van der Waals surface area contributed by atoms with Gasteiger partial charge < -0.3 is 10.2 Å². The fourth-order valence-corrected chi connectivity index (χ4v) is 5.89. The largest absolute Gasteiger partial charge is 0.316 e. The minimum atomic E-state index is 0.772. The quantitative estimate of drug-likeness (QED) is 0.824. The van der Waals surface area contributed by atoms with Gasteiger partial charge in [-0.3, -0.25) is 0 Å². The summed E-state index contributed by atoms with van der Waals surface area (Å²) in [4.78, 5) is 2.52. The van der Waals surface area contributed by atoms with Crippen LogP contribution in [0.15, 0.2) is 0 Å². The van der Waals surface area contributed by atoms with Gasteiger partial charge in [0.25, 0.3) is 0 Å². The van der Waals surface area contributed by atoms with E-state index in [0.29, 0.717) is 0 Å². The van der Waals surface area contributed by atoms with Crippen molar-refractivity contribution in [3.63, 3.8) is 0 Å². The molecule has 2 heteroatoms. The molecule has 0 radical (unpaired) electrons. The van der Waals surface area contributed by atoms with Crippen molar-refractivity contribution >= 4 is 0 Å². The molecular formula is C20H38N2. The monoisotopic (exact) mass is 306 g/mol. The summed E-state index contributed by atoms with van der Waals surface area (Å²) >= 11 is 0. The van der Waals surface area contributed by atoms with E-state index in [-0.39, 0.29) is 0 Å². The van der Waals surface area contributed by atoms with Gasteiger partial charge in [0, 0.05) is 19.6 Å². The predicted octanol–water partition coefficient (Wildman–Crippen LogP) is 4.16. The lowest BCUT2D eigenvalue weighted by Crippen LogP contribution is -2.63. The molecule has 2 nitrogen and oxygen atoms in total. The van der Waals surface area contributed by atoms with Gasteiger partial charge in [-0.2, -0.15) is 0 Å². The molecule has 128 valence electrons. The van der Waals surface area contributed by atoms with Gasteiger partial charge in [0.15, 0.2) is 0 Å². The predicted molar refractivity (Wildman–Crippen MR) is 95.0 cm³/mol. The molecule has 2 aliphatic heterocycles. The number of piperidine rings is 1. The molecule has 4 fully saturated rings. The average Bonchev–Trinajstić information content (AvgIpc) is 2.32. The van der Waals surface area contributed by atoms with Crippen molar-refractivity contribution in [2.45, 2.75) is 65.7 Å². The van der Waals surface area contributed by atoms with Crippen LogP contribution in [0, 0.1) is 28.6 Å². The summed E-state index contributed by atoms with van der Waals surface area (Å²) in [5, 5.41) is 3.39. The number of likely N-dealkylation sites (tertiary alicyclic amines) is 1. The Labute approximate surface area is 138 Å². The van der Waals surface area contributed by atoms with Crippen LogP contribution in [-0.2, 0) is 0 Å². The molecule has 0 aromatic rings. The zero-order valence-corrected chi connectivity index (χ0v) is 15.5. The van der Waals surface area contributed by atoms with Crippen LogP contribution in [-0.4, -0.2) is 38.1 Å². The summed E-state index contributed by atoms with van der Waals surface area (Å²) in [7, 11) is 2.28. The summed E-state index contributed by atoms with van der Waals surface area (Å²) in [6.07, 6.45) is 10.4. The number of hydrogen-bond donors (Lipinski definition) is 1. The van der Waals surface area contributed by atoms with Crippen molar-refractivity contribution in [3.05, 3.63) is 0 Å². The van der Waals surface area contributed by atoms with Crippen LogP contribution in [0.25, 0.3) is 0 Å². The smallest absolute Gasteiger partial charge is 0.00351 e. The van der Waals surface area contributed by atoms with Gasteiger partial charge in [0.05, 0.1) is 0 Å². The molecule has 4 aliphatic rings. The van der Waals surface area contributed by atoms with E-state index in [0.717, 1.165) is 28.6 Å². The number of nitrogens with one attached hydrogen (secondary N) is 1. The Morgan fingerprint density at radius 3 is 2.27 bits per heavy atom. The van der Waals surface area contributed by atoms with Gasteiger partial charge in [-0.15, -0.1) is 0 Å². The molecule has 4 rings (SSSR count). The Balaban J connectivity index is 0.000000133. The third kappa shape index (κ3) is 3.11. The lowest BCUT2D eigenvalue weighted by molar-refractivity contribution is -0.0498. The van der Waals surface area contributed by atoms with E-state index in [4.69, 9.17) is 0 Å². The van der Waals surface area contributed by atoms with Crippen LogP contribution in [0.4, 0.5) is 0 Å². The molecule has 0 bridgehead atoms. The first-order valence-corrected chi connectivity index (χ1v) is 9.88. The maximum atomic E-state index is 3.39. The van der Waals surface area contributed by atoms with Gasteiger partial charge >= 0.3 is 0 Å². The van der Waals surface area contributed by atoms with Gasteiger partial charge in [-0.05, 0) is 80.7 Å². The molecule has 2 aliphatic carbocycles. The lowest BCUT2D eigenvalue weighted by Gasteiger charge is -2.58. The molecule has 2 saturated carbocycles. The average molecular weight is 307 g/mol. The normalized spacial score (nSPS) is 39.7. The first-order chi connectivity index (χ1) is 10.5. The zero-order valence-electron chi connectivity index (χ0n) is 15.5. The lowest BCUT2D eigenvalue weighted by atomic mass is 9.53. The summed E-state index contributed by atoms with van der Waals surface area (Å²) < 4.78 is 0. The first kappa shape index (κ1) is 16.8. The topological polar surface area (TPSA) is 15.3 Å². The highest BCUT2D eigenvalue weighted by Gasteiger charge is 2.51. The first-order valence-electron chi connectivity index (χ1n) is 9.88. The molecule has 0 aromatic heterocycles. The van der Waals surface area contributed by atoms with Crippen molar-refractivity contribution < 1.29 is 0 Å². The Kier molecular flexibility index (Phi) is 4.90. The van der Waals surface area contributed by atoms with Crippen molar-refractivity contribution in [2.24, 2.45) is 28.6 Å². The molecule has 2 saturated heterocycles. The highest BCUT2D eigenvalue weighted by atomic mass is 15.1. The van der Waals surface area contributed by atoms with E-state index in [1.807, 2.05) is 0 Å². The zero-order chi connectivity index (χ0) is 15.8. The van der Waals surface area contributed by atoms with Crippen molar-refractivity contribution in [1.29, 1.82) is 0 Å². The van der Waals surface area contributed by atoms with E-state index in [9.17, 15) is 0 Å². The molecule has 2 spiro atoms. The molecular weight excluding hydrogens is 268 g/mol. The Bertz CT molecular complexity index is 360. The van der Waals surface area contributed by atoms with E-state index >= 15 is 0 Å². The molecule has 1 N–H and O–H groups in total. The second kappa shape index (κ2) is 6.43. The second-order valence-corrected chi connectivity index (χ2v) is 9.38. The molecule has 1 atom stereocenters. The molecule has 22 heavy (non-hydrogen) atoms. The summed E-state index contributed by atoms with van der Waals surface area (Å²) in [5.74, 6) is 3.01. The van der Waals surface area contributed by atoms with Crippen molar-refractivity contribution in [1.82, 2.24) is 10.2 Å². The minimum Gasteiger partial charge on any atom is -0.316 e. The molecule has 0 amide bonds. The maximum Gasteiger partial charge on any atom is 0.00351 e. The van der Waals surface area contributed by atoms with Crippen molar-refractivity contribution in [3.8, 4) is 0 Å². The summed E-state index contributed by atoms with van der Waals surface area (Å²) in [6.45, 7) is 12.4. The van der Waals surface area contributed by atoms with Crippen LogP contribution >= 0.6 is 0 Å². The molecule has 0 aromatic carbocycles. The third-order valence-corrected chi connectivity index (χ3v) is 7.37. The number of nitrogens with zero attached hydrogens (tertiary/aromatic N) is 1. The number of hydrogen-bond acceptors (Lipinski definition) is 2. The highest BCUT2D eigenvalue weighted by molar-refractivity contribution is 5.05. The van der Waals surface area contributed by atoms with E-state index in [2.05, 4.69) is 38.0 Å². The van der Waals surface area contributed by atoms with E-state index in [1.165, 1.54) is 71.1 Å². The Morgan fingerprint density at radius 2 is 1.91 bits per heavy atom. The second-order valence-electron chi connectivity index (χ2n) is 9.38. The Morgan fingerprint density at radius 1 is 1.18 bits per heavy atom.